The van der Waals surface area contributed by atoms with Crippen molar-refractivity contribution in [3.63, 3.8) is 0 Å². The van der Waals surface area contributed by atoms with Crippen molar-refractivity contribution in [3.8, 4) is 0 Å². The second-order valence-corrected chi connectivity index (χ2v) is 6.83. The molecule has 1 aromatic heterocycles. The van der Waals surface area contributed by atoms with Gasteiger partial charge in [-0.3, -0.25) is 4.79 Å². The van der Waals surface area contributed by atoms with Crippen LogP contribution in [-0.4, -0.2) is 50.6 Å². The summed E-state index contributed by atoms with van der Waals surface area (Å²) in [6.07, 6.45) is 3.08. The summed E-state index contributed by atoms with van der Waals surface area (Å²) in [7, 11) is 0. The number of likely N-dealkylation sites (tertiary alicyclic amines) is 1. The molecule has 0 saturated carbocycles. The lowest BCUT2D eigenvalue weighted by Gasteiger charge is -2.30. The molecule has 22 heavy (non-hydrogen) atoms. The number of carbonyl (C=O) groups is 1. The minimum atomic E-state index is -0.824. The molecule has 0 aromatic carbocycles. The van der Waals surface area contributed by atoms with E-state index in [1.165, 1.54) is 12.4 Å². The molecule has 2 rings (SSSR count). The van der Waals surface area contributed by atoms with Gasteiger partial charge in [0.05, 0.1) is 17.7 Å². The second kappa shape index (κ2) is 6.20. The Morgan fingerprint density at radius 2 is 1.95 bits per heavy atom. The van der Waals surface area contributed by atoms with Crippen LogP contribution in [0.25, 0.3) is 0 Å². The van der Waals surface area contributed by atoms with Crippen LogP contribution in [0.1, 0.15) is 45.0 Å². The molecule has 1 fully saturated rings. The third-order valence-corrected chi connectivity index (χ3v) is 4.40. The molecular weight excluding hydrogens is 280 g/mol. The number of amides is 1. The Kier molecular flexibility index (Phi) is 4.70. The van der Waals surface area contributed by atoms with E-state index >= 15 is 0 Å². The van der Waals surface area contributed by atoms with Crippen molar-refractivity contribution in [2.75, 3.05) is 18.4 Å². The molecule has 2 atom stereocenters. The van der Waals surface area contributed by atoms with Crippen LogP contribution >= 0.6 is 0 Å². The van der Waals surface area contributed by atoms with Crippen LogP contribution in [0, 0.1) is 11.8 Å². The molecule has 2 N–H and O–H groups in total. The first-order valence-electron chi connectivity index (χ1n) is 7.84. The zero-order valence-electron chi connectivity index (χ0n) is 14.0. The molecule has 6 heteroatoms. The molecule has 6 nitrogen and oxygen atoms in total. The quantitative estimate of drug-likeness (QED) is 0.886. The molecular formula is C16H26N4O2. The number of aromatic nitrogens is 2. The summed E-state index contributed by atoms with van der Waals surface area (Å²) in [6, 6.07) is 0.238. The summed E-state index contributed by atoms with van der Waals surface area (Å²) in [5.41, 5.74) is -0.371. The summed E-state index contributed by atoms with van der Waals surface area (Å²) in [4.78, 5) is 22.6. The van der Waals surface area contributed by atoms with E-state index in [2.05, 4.69) is 15.3 Å². The van der Waals surface area contributed by atoms with Crippen LogP contribution in [-0.2, 0) is 0 Å². The molecule has 1 aliphatic rings. The lowest BCUT2D eigenvalue weighted by atomic mass is 9.82. The van der Waals surface area contributed by atoms with E-state index in [1.54, 1.807) is 4.90 Å². The first-order valence-corrected chi connectivity index (χ1v) is 7.84. The monoisotopic (exact) mass is 306 g/mol. The Morgan fingerprint density at radius 1 is 1.36 bits per heavy atom. The average Bonchev–Trinajstić information content (AvgIpc) is 2.75. The highest BCUT2D eigenvalue weighted by molar-refractivity contribution is 5.94. The van der Waals surface area contributed by atoms with Gasteiger partial charge in [-0.15, -0.1) is 0 Å². The third kappa shape index (κ3) is 3.21. The number of anilines is 1. The van der Waals surface area contributed by atoms with Gasteiger partial charge in [-0.2, -0.15) is 0 Å². The van der Waals surface area contributed by atoms with Gasteiger partial charge >= 0.3 is 0 Å². The maximum absolute atomic E-state index is 12.6. The lowest BCUT2D eigenvalue weighted by Crippen LogP contribution is -2.43. The van der Waals surface area contributed by atoms with E-state index in [1.807, 2.05) is 34.6 Å². The van der Waals surface area contributed by atoms with Crippen LogP contribution in [0.5, 0.6) is 0 Å². The molecule has 2 heterocycles. The average molecular weight is 306 g/mol. The first-order chi connectivity index (χ1) is 10.2. The zero-order valence-corrected chi connectivity index (χ0v) is 14.0. The number of hydrogen-bond acceptors (Lipinski definition) is 5. The fourth-order valence-corrected chi connectivity index (χ4v) is 2.87. The van der Waals surface area contributed by atoms with E-state index in [4.69, 9.17) is 0 Å². The molecule has 122 valence electrons. The number of β-amino-alcohol motifs (C(OH)–C–C–N with tert-alkyl or cyclic N) is 1. The highest BCUT2D eigenvalue weighted by Crippen LogP contribution is 2.34. The molecule has 1 aromatic rings. The summed E-state index contributed by atoms with van der Waals surface area (Å²) >= 11 is 0. The Labute approximate surface area is 132 Å². The summed E-state index contributed by atoms with van der Waals surface area (Å²) in [5.74, 6) is 0.549. The molecule has 1 saturated heterocycles. The van der Waals surface area contributed by atoms with Crippen molar-refractivity contribution in [1.82, 2.24) is 14.9 Å². The minimum absolute atomic E-state index is 0.0549. The molecule has 0 spiro atoms. The van der Waals surface area contributed by atoms with E-state index in [9.17, 15) is 9.90 Å². The summed E-state index contributed by atoms with van der Waals surface area (Å²) < 4.78 is 0. The molecule has 0 radical (unpaired) electrons. The smallest absolute Gasteiger partial charge is 0.257 e. The van der Waals surface area contributed by atoms with Crippen molar-refractivity contribution in [2.45, 2.75) is 46.3 Å². The maximum atomic E-state index is 12.6. The Morgan fingerprint density at radius 3 is 2.41 bits per heavy atom. The van der Waals surface area contributed by atoms with Crippen molar-refractivity contribution in [2.24, 2.45) is 11.8 Å². The minimum Gasteiger partial charge on any atom is -0.387 e. The maximum Gasteiger partial charge on any atom is 0.257 e. The summed E-state index contributed by atoms with van der Waals surface area (Å²) in [5, 5.41) is 13.8. The molecule has 0 unspecified atom stereocenters. The Balaban J connectivity index is 2.09. The van der Waals surface area contributed by atoms with Crippen molar-refractivity contribution in [1.29, 1.82) is 0 Å². The Bertz CT molecular complexity index is 529. The van der Waals surface area contributed by atoms with Gasteiger partial charge in [-0.05, 0) is 19.8 Å². The molecule has 0 bridgehead atoms. The van der Waals surface area contributed by atoms with Gasteiger partial charge in [0.2, 0.25) is 5.95 Å². The van der Waals surface area contributed by atoms with Gasteiger partial charge in [-0.25, -0.2) is 9.97 Å². The van der Waals surface area contributed by atoms with Gasteiger partial charge in [0.1, 0.15) is 0 Å². The van der Waals surface area contributed by atoms with Crippen molar-refractivity contribution >= 4 is 11.9 Å². The lowest BCUT2D eigenvalue weighted by molar-refractivity contribution is -0.0243. The normalized spacial score (nSPS) is 25.1. The van der Waals surface area contributed by atoms with Gasteiger partial charge in [-0.1, -0.05) is 20.8 Å². The van der Waals surface area contributed by atoms with E-state index < -0.39 is 5.60 Å². The van der Waals surface area contributed by atoms with Gasteiger partial charge in [0.15, 0.2) is 0 Å². The van der Waals surface area contributed by atoms with Crippen LogP contribution in [0.3, 0.4) is 0 Å². The Hall–Kier alpha value is -1.69. The molecule has 1 aliphatic heterocycles. The topological polar surface area (TPSA) is 78.4 Å². The number of nitrogens with zero attached hydrogens (tertiary/aromatic N) is 3. The number of nitrogens with one attached hydrogen (secondary N) is 1. The summed E-state index contributed by atoms with van der Waals surface area (Å²) in [6.45, 7) is 10.9. The molecule has 1 amide bonds. The highest BCUT2D eigenvalue weighted by atomic mass is 16.3. The second-order valence-electron chi connectivity index (χ2n) is 6.83. The van der Waals surface area contributed by atoms with Crippen LogP contribution < -0.4 is 5.32 Å². The predicted molar refractivity (Wildman–Crippen MR) is 85.6 cm³/mol. The van der Waals surface area contributed by atoms with Crippen LogP contribution in [0.15, 0.2) is 12.4 Å². The zero-order chi connectivity index (χ0) is 16.5. The predicted octanol–water partition coefficient (Wildman–Crippen LogP) is 1.78. The van der Waals surface area contributed by atoms with Crippen molar-refractivity contribution in [3.05, 3.63) is 18.0 Å². The SMILES string of the molecule is CC(C)Nc1ncc(C(=O)N2C[C@@H](C)[C@](O)(C(C)C)C2)cn1. The van der Waals surface area contributed by atoms with Crippen molar-refractivity contribution < 1.29 is 9.90 Å². The third-order valence-electron chi connectivity index (χ3n) is 4.40. The fraction of sp³-hybridized carbons (Fsp3) is 0.688. The van der Waals surface area contributed by atoms with E-state index in [0.717, 1.165) is 0 Å². The fourth-order valence-electron chi connectivity index (χ4n) is 2.87. The standard InChI is InChI=1S/C16H26N4O2/c1-10(2)16(22)9-20(8-12(16)5)14(21)13-6-17-15(18-7-13)19-11(3)4/h6-7,10-12,22H,8-9H2,1-5H3,(H,17,18,19)/t12-,16-/m1/s1. The highest BCUT2D eigenvalue weighted by Gasteiger charge is 2.46. The largest absolute Gasteiger partial charge is 0.387 e. The van der Waals surface area contributed by atoms with Crippen LogP contribution in [0.2, 0.25) is 0 Å². The van der Waals surface area contributed by atoms with Crippen LogP contribution in [0.4, 0.5) is 5.95 Å². The van der Waals surface area contributed by atoms with E-state index in [-0.39, 0.29) is 23.8 Å². The number of aliphatic hydroxyl groups is 1. The first kappa shape index (κ1) is 16.7. The van der Waals surface area contributed by atoms with Gasteiger partial charge < -0.3 is 15.3 Å². The van der Waals surface area contributed by atoms with Gasteiger partial charge in [0, 0.05) is 30.9 Å². The molecule has 0 aliphatic carbocycles. The van der Waals surface area contributed by atoms with E-state index in [0.29, 0.717) is 24.6 Å². The number of hydrogen-bond donors (Lipinski definition) is 2. The number of carbonyl (C=O) groups excluding carboxylic acids is 1. The number of rotatable bonds is 4. The van der Waals surface area contributed by atoms with Gasteiger partial charge in [0.25, 0.3) is 5.91 Å².